The second kappa shape index (κ2) is 6.32. The van der Waals surface area contributed by atoms with Crippen molar-refractivity contribution >= 4 is 11.7 Å². The summed E-state index contributed by atoms with van der Waals surface area (Å²) in [5.74, 6) is 1.17. The Bertz CT molecular complexity index is 761. The maximum absolute atomic E-state index is 12.4. The van der Waals surface area contributed by atoms with Crippen molar-refractivity contribution in [2.45, 2.75) is 71.3 Å². The van der Waals surface area contributed by atoms with Gasteiger partial charge in [-0.05, 0) is 53.4 Å². The Kier molecular flexibility index (Phi) is 4.47. The number of carbonyl (C=O) groups is 1. The molecule has 1 aliphatic carbocycles. The van der Waals surface area contributed by atoms with E-state index in [4.69, 9.17) is 9.62 Å². The molecule has 25 heavy (non-hydrogen) atoms. The van der Waals surface area contributed by atoms with Gasteiger partial charge in [0, 0.05) is 17.5 Å². The third-order valence-electron chi connectivity index (χ3n) is 4.74. The molecule has 0 spiro atoms. The van der Waals surface area contributed by atoms with Crippen molar-refractivity contribution in [2.75, 3.05) is 5.32 Å². The Balaban J connectivity index is 1.83. The van der Waals surface area contributed by atoms with Gasteiger partial charge in [0.25, 0.3) is 0 Å². The second-order valence-corrected chi connectivity index (χ2v) is 8.25. The van der Waals surface area contributed by atoms with Crippen molar-refractivity contribution in [2.24, 2.45) is 0 Å². The molecule has 2 heterocycles. The van der Waals surface area contributed by atoms with Crippen LogP contribution in [-0.2, 0) is 22.2 Å². The maximum Gasteiger partial charge on any atom is 0.233 e. The van der Waals surface area contributed by atoms with Crippen molar-refractivity contribution in [1.29, 1.82) is 0 Å². The average Bonchev–Trinajstić information content (AvgIpc) is 3.19. The number of nitrogens with one attached hydrogen (secondary N) is 1. The molecule has 1 atom stereocenters. The van der Waals surface area contributed by atoms with Crippen molar-refractivity contribution in [3.63, 3.8) is 0 Å². The highest BCUT2D eigenvalue weighted by atomic mass is 16.5. The van der Waals surface area contributed by atoms with Crippen LogP contribution in [-0.4, -0.2) is 20.8 Å². The van der Waals surface area contributed by atoms with Crippen LogP contribution < -0.4 is 5.32 Å². The van der Waals surface area contributed by atoms with E-state index in [0.717, 1.165) is 36.5 Å². The van der Waals surface area contributed by atoms with Crippen LogP contribution in [0.15, 0.2) is 16.7 Å². The lowest BCUT2D eigenvalue weighted by Crippen LogP contribution is -2.28. The first kappa shape index (κ1) is 17.7. The van der Waals surface area contributed by atoms with Crippen LogP contribution in [0.5, 0.6) is 0 Å². The maximum atomic E-state index is 12.4. The summed E-state index contributed by atoms with van der Waals surface area (Å²) in [7, 11) is 0. The van der Waals surface area contributed by atoms with E-state index in [1.54, 1.807) is 6.07 Å². The quantitative estimate of drug-likeness (QED) is 0.917. The van der Waals surface area contributed by atoms with Crippen molar-refractivity contribution < 1.29 is 9.32 Å². The average molecular weight is 343 g/mol. The minimum atomic E-state index is -0.220. The number of hydrogen-bond acceptors (Lipinski definition) is 4. The smallest absolute Gasteiger partial charge is 0.233 e. The highest BCUT2D eigenvalue weighted by molar-refractivity contribution is 5.91. The largest absolute Gasteiger partial charge is 0.361 e. The second-order valence-electron chi connectivity index (χ2n) is 8.25. The molecule has 0 saturated heterocycles. The molecule has 2 aromatic heterocycles. The summed E-state index contributed by atoms with van der Waals surface area (Å²) >= 11 is 0. The first-order valence-corrected chi connectivity index (χ1v) is 8.82. The molecule has 0 aromatic carbocycles. The van der Waals surface area contributed by atoms with Gasteiger partial charge in [0.05, 0.1) is 23.3 Å². The first-order chi connectivity index (χ1) is 11.7. The van der Waals surface area contributed by atoms with Crippen molar-refractivity contribution in [1.82, 2.24) is 14.9 Å². The summed E-state index contributed by atoms with van der Waals surface area (Å²) in [6.07, 6.45) is 5.72. The van der Waals surface area contributed by atoms with Crippen LogP contribution in [0.25, 0.3) is 0 Å². The van der Waals surface area contributed by atoms with Crippen molar-refractivity contribution in [3.05, 3.63) is 35.7 Å². The standard InChI is InChI=1S/C19H27N4O2/c1-13-10-14(25-22-13)11-17(24)20-16-12-15(19(5)8-6-7-9-19)21-23(16)18(2,3)4/h6,10,12H,7-9,11H2,1-5H3,(H,20,24). The number of amides is 1. The number of rotatable bonds is 4. The Morgan fingerprint density at radius 2 is 2.16 bits per heavy atom. The van der Waals surface area contributed by atoms with Gasteiger partial charge in [0.1, 0.15) is 11.6 Å². The van der Waals surface area contributed by atoms with Gasteiger partial charge in [0.15, 0.2) is 0 Å². The fraction of sp³-hybridized carbons (Fsp3) is 0.579. The molecule has 1 saturated carbocycles. The highest BCUT2D eigenvalue weighted by Gasteiger charge is 2.35. The van der Waals surface area contributed by atoms with E-state index in [-0.39, 0.29) is 23.3 Å². The number of hydrogen-bond donors (Lipinski definition) is 1. The molecule has 1 amide bonds. The van der Waals surface area contributed by atoms with Crippen LogP contribution in [0.4, 0.5) is 5.82 Å². The zero-order chi connectivity index (χ0) is 18.2. The fourth-order valence-electron chi connectivity index (χ4n) is 3.30. The molecule has 1 unspecified atom stereocenters. The summed E-state index contributed by atoms with van der Waals surface area (Å²) in [5.41, 5.74) is 1.65. The van der Waals surface area contributed by atoms with Gasteiger partial charge in [-0.1, -0.05) is 12.1 Å². The predicted molar refractivity (Wildman–Crippen MR) is 96.3 cm³/mol. The number of carbonyl (C=O) groups excluding carboxylic acids is 1. The molecule has 1 N–H and O–H groups in total. The molecule has 0 aliphatic heterocycles. The van der Waals surface area contributed by atoms with E-state index >= 15 is 0 Å². The third-order valence-corrected chi connectivity index (χ3v) is 4.74. The summed E-state index contributed by atoms with van der Waals surface area (Å²) in [5, 5.41) is 11.7. The van der Waals surface area contributed by atoms with Gasteiger partial charge < -0.3 is 9.84 Å². The lowest BCUT2D eigenvalue weighted by atomic mass is 9.85. The number of aryl methyl sites for hydroxylation is 1. The lowest BCUT2D eigenvalue weighted by Gasteiger charge is -2.23. The number of aromatic nitrogens is 3. The van der Waals surface area contributed by atoms with Crippen LogP contribution in [0.2, 0.25) is 0 Å². The third kappa shape index (κ3) is 3.78. The Labute approximate surface area is 149 Å². The van der Waals surface area contributed by atoms with Crippen LogP contribution >= 0.6 is 0 Å². The summed E-state index contributed by atoms with van der Waals surface area (Å²) in [6, 6.07) is 3.80. The molecular weight excluding hydrogens is 316 g/mol. The summed E-state index contributed by atoms with van der Waals surface area (Å²) < 4.78 is 7.05. The minimum Gasteiger partial charge on any atom is -0.361 e. The molecule has 1 radical (unpaired) electrons. The molecule has 3 rings (SSSR count). The van der Waals surface area contributed by atoms with Gasteiger partial charge in [-0.3, -0.25) is 4.79 Å². The molecule has 135 valence electrons. The zero-order valence-electron chi connectivity index (χ0n) is 15.7. The topological polar surface area (TPSA) is 73.0 Å². The first-order valence-electron chi connectivity index (χ1n) is 8.82. The molecule has 1 fully saturated rings. The molecule has 1 aliphatic rings. The Hall–Kier alpha value is -2.11. The van der Waals surface area contributed by atoms with Gasteiger partial charge in [-0.2, -0.15) is 5.10 Å². The highest BCUT2D eigenvalue weighted by Crippen LogP contribution is 2.40. The SMILES string of the molecule is Cc1cc(CC(=O)Nc2cc(C3(C)C[CH]CC3)nn2C(C)(C)C)on1. The van der Waals surface area contributed by atoms with Crippen LogP contribution in [0.3, 0.4) is 0 Å². The Morgan fingerprint density at radius 1 is 1.40 bits per heavy atom. The lowest BCUT2D eigenvalue weighted by molar-refractivity contribution is -0.115. The summed E-state index contributed by atoms with van der Waals surface area (Å²) in [6.45, 7) is 10.3. The van der Waals surface area contributed by atoms with E-state index in [9.17, 15) is 4.79 Å². The van der Waals surface area contributed by atoms with Gasteiger partial charge in [-0.15, -0.1) is 0 Å². The molecular formula is C19H27N4O2. The van der Waals surface area contributed by atoms with E-state index in [1.165, 1.54) is 0 Å². The van der Waals surface area contributed by atoms with Gasteiger partial charge in [-0.25, -0.2) is 4.68 Å². The monoisotopic (exact) mass is 343 g/mol. The molecule has 6 nitrogen and oxygen atoms in total. The Morgan fingerprint density at radius 3 is 2.72 bits per heavy atom. The van der Waals surface area contributed by atoms with E-state index in [0.29, 0.717) is 5.76 Å². The number of anilines is 1. The number of nitrogens with zero attached hydrogens (tertiary/aromatic N) is 3. The van der Waals surface area contributed by atoms with E-state index in [2.05, 4.69) is 44.6 Å². The predicted octanol–water partition coefficient (Wildman–Crippen LogP) is 3.76. The normalized spacial score (nSPS) is 17.0. The summed E-state index contributed by atoms with van der Waals surface area (Å²) in [4.78, 5) is 12.4. The van der Waals surface area contributed by atoms with Gasteiger partial charge in [0.2, 0.25) is 5.91 Å². The molecule has 6 heteroatoms. The van der Waals surface area contributed by atoms with Gasteiger partial charge >= 0.3 is 0 Å². The fourth-order valence-corrected chi connectivity index (χ4v) is 3.30. The van der Waals surface area contributed by atoms with Crippen molar-refractivity contribution in [3.8, 4) is 0 Å². The van der Waals surface area contributed by atoms with E-state index < -0.39 is 0 Å². The zero-order valence-corrected chi connectivity index (χ0v) is 15.7. The van der Waals surface area contributed by atoms with Crippen LogP contribution in [0.1, 0.15) is 64.1 Å². The molecule has 2 aromatic rings. The van der Waals surface area contributed by atoms with Crippen LogP contribution in [0, 0.1) is 13.3 Å². The van der Waals surface area contributed by atoms with E-state index in [1.807, 2.05) is 17.7 Å². The molecule has 0 bridgehead atoms. The minimum absolute atomic E-state index is 0.0536.